The van der Waals surface area contributed by atoms with Gasteiger partial charge in [-0.25, -0.2) is 0 Å². The van der Waals surface area contributed by atoms with E-state index in [1.54, 1.807) is 0 Å². The molecule has 0 bridgehead atoms. The van der Waals surface area contributed by atoms with Gasteiger partial charge in [0.05, 0.1) is 12.6 Å². The smallest absolute Gasteiger partial charge is 0.178 e. The third kappa shape index (κ3) is 4.57. The van der Waals surface area contributed by atoms with Crippen LogP contribution in [0, 0.1) is 19.8 Å². The molecule has 1 aromatic heterocycles. The van der Waals surface area contributed by atoms with Gasteiger partial charge in [-0.2, -0.15) is 0 Å². The number of carbonyl (C=O) groups excluding carboxylic acids is 2. The van der Waals surface area contributed by atoms with Crippen LogP contribution in [0.1, 0.15) is 57.8 Å². The molecule has 0 unspecified atom stereocenters. The lowest BCUT2D eigenvalue weighted by atomic mass is 9.89. The lowest BCUT2D eigenvalue weighted by molar-refractivity contribution is 0.0804. The molecule has 1 atom stereocenters. The van der Waals surface area contributed by atoms with E-state index in [-0.39, 0.29) is 23.6 Å². The molecule has 0 saturated carbocycles. The molecule has 0 amide bonds. The molecule has 0 N–H and O–H groups in total. The second-order valence-corrected chi connectivity index (χ2v) is 8.73. The lowest BCUT2D eigenvalue weighted by Gasteiger charge is -2.30. The Morgan fingerprint density at radius 1 is 1.07 bits per heavy atom. The van der Waals surface area contributed by atoms with E-state index in [0.717, 1.165) is 74.4 Å². The highest BCUT2D eigenvalue weighted by Gasteiger charge is 2.28. The van der Waals surface area contributed by atoms with Gasteiger partial charge in [-0.05, 0) is 58.7 Å². The van der Waals surface area contributed by atoms with Gasteiger partial charge >= 0.3 is 0 Å². The van der Waals surface area contributed by atoms with E-state index in [1.807, 2.05) is 43.3 Å². The number of carbonyl (C=O) groups is 2. The average Bonchev–Trinajstić information content (AvgIpc) is 3.38. The molecule has 160 valence electrons. The second-order valence-electron chi connectivity index (χ2n) is 8.73. The lowest BCUT2D eigenvalue weighted by Crippen LogP contribution is -2.39. The van der Waals surface area contributed by atoms with Crippen molar-refractivity contribution in [2.24, 2.45) is 5.92 Å². The first-order valence-electron chi connectivity index (χ1n) is 11.2. The molecular formula is C25H32N2O3. The van der Waals surface area contributed by atoms with Crippen LogP contribution < -0.4 is 0 Å². The van der Waals surface area contributed by atoms with Crippen molar-refractivity contribution in [3.05, 3.63) is 58.9 Å². The van der Waals surface area contributed by atoms with Crippen molar-refractivity contribution in [1.29, 1.82) is 0 Å². The van der Waals surface area contributed by atoms with E-state index >= 15 is 0 Å². The number of hydrogen-bond acceptors (Lipinski definition) is 4. The maximum Gasteiger partial charge on any atom is 0.178 e. The van der Waals surface area contributed by atoms with Crippen LogP contribution >= 0.6 is 0 Å². The van der Waals surface area contributed by atoms with Crippen LogP contribution in [0.2, 0.25) is 0 Å². The molecule has 0 radical (unpaired) electrons. The first kappa shape index (κ1) is 21.0. The molecular weight excluding hydrogens is 376 g/mol. The van der Waals surface area contributed by atoms with Gasteiger partial charge in [0, 0.05) is 41.6 Å². The molecule has 2 fully saturated rings. The molecule has 5 heteroatoms. The highest BCUT2D eigenvalue weighted by atomic mass is 16.5. The summed E-state index contributed by atoms with van der Waals surface area (Å²) >= 11 is 0. The van der Waals surface area contributed by atoms with Crippen molar-refractivity contribution in [2.45, 2.75) is 52.2 Å². The van der Waals surface area contributed by atoms with E-state index in [0.29, 0.717) is 6.54 Å². The molecule has 2 aliphatic rings. The van der Waals surface area contributed by atoms with Gasteiger partial charge in [0.2, 0.25) is 0 Å². The maximum absolute atomic E-state index is 13.0. The topological polar surface area (TPSA) is 51.5 Å². The summed E-state index contributed by atoms with van der Waals surface area (Å²) in [7, 11) is 0. The molecule has 4 rings (SSSR count). The summed E-state index contributed by atoms with van der Waals surface area (Å²) in [5.41, 5.74) is 3.79. The zero-order valence-corrected chi connectivity index (χ0v) is 18.1. The molecule has 1 aromatic carbocycles. The Bertz CT molecular complexity index is 889. The Morgan fingerprint density at radius 3 is 2.47 bits per heavy atom. The standard InChI is InChI=1S/C25H32N2O3/c1-18-15-23(19(2)27(18)16-22-9-6-14-30-22)24(28)17-26-12-10-21(11-13-26)25(29)20-7-4-3-5-8-20/h3-5,7-8,15,21-22H,6,9-14,16-17H2,1-2H3/t22-/m1/s1. The zero-order chi connectivity index (χ0) is 21.1. The van der Waals surface area contributed by atoms with Crippen molar-refractivity contribution in [1.82, 2.24) is 9.47 Å². The van der Waals surface area contributed by atoms with Crippen LogP contribution in [0.25, 0.3) is 0 Å². The summed E-state index contributed by atoms with van der Waals surface area (Å²) in [4.78, 5) is 27.9. The fraction of sp³-hybridized carbons (Fsp3) is 0.520. The Hall–Kier alpha value is -2.24. The fourth-order valence-electron chi connectivity index (χ4n) is 4.84. The number of aryl methyl sites for hydroxylation is 1. The van der Waals surface area contributed by atoms with E-state index in [4.69, 9.17) is 4.74 Å². The quantitative estimate of drug-likeness (QED) is 0.649. The van der Waals surface area contributed by atoms with Gasteiger partial charge in [-0.3, -0.25) is 14.5 Å². The number of nitrogens with zero attached hydrogens (tertiary/aromatic N) is 2. The summed E-state index contributed by atoms with van der Waals surface area (Å²) in [6, 6.07) is 11.6. The van der Waals surface area contributed by atoms with Crippen LogP contribution in [0.5, 0.6) is 0 Å². The third-order valence-electron chi connectivity index (χ3n) is 6.67. The van der Waals surface area contributed by atoms with Gasteiger partial charge in [0.25, 0.3) is 0 Å². The number of ether oxygens (including phenoxy) is 1. The van der Waals surface area contributed by atoms with E-state index < -0.39 is 0 Å². The second kappa shape index (κ2) is 9.27. The number of ketones is 2. The first-order valence-corrected chi connectivity index (χ1v) is 11.2. The Kier molecular flexibility index (Phi) is 6.49. The molecule has 3 heterocycles. The van der Waals surface area contributed by atoms with Crippen molar-refractivity contribution in [3.63, 3.8) is 0 Å². The highest BCUT2D eigenvalue weighted by Crippen LogP contribution is 2.24. The SMILES string of the molecule is Cc1cc(C(=O)CN2CCC(C(=O)c3ccccc3)CC2)c(C)n1C[C@H]1CCCO1. The largest absolute Gasteiger partial charge is 0.376 e. The van der Waals surface area contributed by atoms with Crippen molar-refractivity contribution < 1.29 is 14.3 Å². The van der Waals surface area contributed by atoms with Crippen molar-refractivity contribution in [2.75, 3.05) is 26.2 Å². The van der Waals surface area contributed by atoms with Crippen LogP contribution in [0.15, 0.2) is 36.4 Å². The minimum Gasteiger partial charge on any atom is -0.376 e. The zero-order valence-electron chi connectivity index (χ0n) is 18.1. The van der Waals surface area contributed by atoms with Crippen molar-refractivity contribution >= 4 is 11.6 Å². The van der Waals surface area contributed by atoms with E-state index in [1.165, 1.54) is 0 Å². The predicted octanol–water partition coefficient (Wildman–Crippen LogP) is 4.06. The van der Waals surface area contributed by atoms with Gasteiger partial charge in [-0.1, -0.05) is 30.3 Å². The van der Waals surface area contributed by atoms with Crippen LogP contribution in [0.4, 0.5) is 0 Å². The number of piperidine rings is 1. The van der Waals surface area contributed by atoms with E-state index in [9.17, 15) is 9.59 Å². The normalized spacial score (nSPS) is 20.5. The van der Waals surface area contributed by atoms with Gasteiger partial charge in [-0.15, -0.1) is 0 Å². The number of Topliss-reactive ketones (excluding diaryl/α,β-unsaturated/α-hetero) is 2. The number of benzene rings is 1. The monoisotopic (exact) mass is 408 g/mol. The number of hydrogen-bond donors (Lipinski definition) is 0. The number of aromatic nitrogens is 1. The third-order valence-corrected chi connectivity index (χ3v) is 6.67. The average molecular weight is 409 g/mol. The Balaban J connectivity index is 1.33. The van der Waals surface area contributed by atoms with Crippen LogP contribution in [0.3, 0.4) is 0 Å². The summed E-state index contributed by atoms with van der Waals surface area (Å²) in [5, 5.41) is 0. The molecule has 30 heavy (non-hydrogen) atoms. The fourth-order valence-corrected chi connectivity index (χ4v) is 4.84. The summed E-state index contributed by atoms with van der Waals surface area (Å²) in [5.74, 6) is 0.476. The van der Waals surface area contributed by atoms with Gasteiger partial charge in [0.15, 0.2) is 11.6 Å². The van der Waals surface area contributed by atoms with Gasteiger partial charge < -0.3 is 9.30 Å². The minimum atomic E-state index is 0.0650. The molecule has 5 nitrogen and oxygen atoms in total. The summed E-state index contributed by atoms with van der Waals surface area (Å²) in [6.07, 6.45) is 4.12. The molecule has 2 saturated heterocycles. The maximum atomic E-state index is 13.0. The highest BCUT2D eigenvalue weighted by molar-refractivity contribution is 5.99. The van der Waals surface area contributed by atoms with Crippen molar-refractivity contribution in [3.8, 4) is 0 Å². The number of likely N-dealkylation sites (tertiary alicyclic amines) is 1. The van der Waals surface area contributed by atoms with Gasteiger partial charge in [0.1, 0.15) is 0 Å². The Morgan fingerprint density at radius 2 is 1.80 bits per heavy atom. The summed E-state index contributed by atoms with van der Waals surface area (Å²) < 4.78 is 8.01. The molecule has 2 aromatic rings. The first-order chi connectivity index (χ1) is 14.5. The summed E-state index contributed by atoms with van der Waals surface area (Å²) in [6.45, 7) is 7.81. The Labute approximate surface area is 179 Å². The van der Waals surface area contributed by atoms with E-state index in [2.05, 4.69) is 16.4 Å². The minimum absolute atomic E-state index is 0.0650. The molecule has 0 spiro atoms. The number of rotatable bonds is 7. The molecule has 2 aliphatic heterocycles. The predicted molar refractivity (Wildman–Crippen MR) is 117 cm³/mol. The van der Waals surface area contributed by atoms with Crippen LogP contribution in [-0.2, 0) is 11.3 Å². The van der Waals surface area contributed by atoms with Crippen LogP contribution in [-0.4, -0.2) is 53.4 Å². The molecule has 0 aliphatic carbocycles.